The second-order valence-electron chi connectivity index (χ2n) is 10.2. The van der Waals surface area contributed by atoms with E-state index in [0.717, 1.165) is 5.56 Å². The molecule has 2 amide bonds. The maximum Gasteiger partial charge on any atom is 0.312 e. The Morgan fingerprint density at radius 3 is 2.73 bits per heavy atom. The van der Waals surface area contributed by atoms with E-state index in [2.05, 4.69) is 13.2 Å². The fourth-order valence-corrected chi connectivity index (χ4v) is 6.73. The van der Waals surface area contributed by atoms with Crippen molar-refractivity contribution in [3.8, 4) is 0 Å². The molecular formula is C28H35ClN2O6. The standard InChI is InChI=1S/C28H35ClN2O6/c1-5-7-17-36-26(35)21-20-24(33)31(15-9-16-32)23(28(20)13-12-27(21,4)37-28)25(34)30(14-6-2)22-18(3)10-8-11-19(22)29/h5-6,8,10-11,20-21,23,32H,1-2,7,9,12-17H2,3-4H3/t20-,21+,23?,27-,28?/m0/s1. The number of carbonyl (C=O) groups is 3. The number of aliphatic hydroxyl groups is 1. The number of carbonyl (C=O) groups excluding carboxylic acids is 3. The molecule has 3 fully saturated rings. The molecule has 2 bridgehead atoms. The van der Waals surface area contributed by atoms with Gasteiger partial charge in [-0.2, -0.15) is 0 Å². The van der Waals surface area contributed by atoms with Gasteiger partial charge in [-0.3, -0.25) is 14.4 Å². The van der Waals surface area contributed by atoms with E-state index in [9.17, 15) is 19.5 Å². The van der Waals surface area contributed by atoms with Gasteiger partial charge in [0.15, 0.2) is 0 Å². The number of hydrogen-bond donors (Lipinski definition) is 1. The highest BCUT2D eigenvalue weighted by Gasteiger charge is 2.78. The fraction of sp³-hybridized carbons (Fsp3) is 0.536. The van der Waals surface area contributed by atoms with Crippen LogP contribution in [0.3, 0.4) is 0 Å². The lowest BCUT2D eigenvalue weighted by molar-refractivity contribution is -0.159. The molecule has 1 N–H and O–H groups in total. The van der Waals surface area contributed by atoms with Crippen LogP contribution in [0.25, 0.3) is 0 Å². The number of para-hydroxylation sites is 1. The van der Waals surface area contributed by atoms with Gasteiger partial charge in [-0.15, -0.1) is 13.2 Å². The van der Waals surface area contributed by atoms with Crippen molar-refractivity contribution in [2.45, 2.75) is 56.8 Å². The summed E-state index contributed by atoms with van der Waals surface area (Å²) in [6, 6.07) is 4.40. The molecule has 200 valence electrons. The zero-order valence-electron chi connectivity index (χ0n) is 21.5. The van der Waals surface area contributed by atoms with Gasteiger partial charge in [0, 0.05) is 19.7 Å². The summed E-state index contributed by atoms with van der Waals surface area (Å²) in [5, 5.41) is 9.94. The molecule has 1 aromatic rings. The first kappa shape index (κ1) is 27.4. The van der Waals surface area contributed by atoms with E-state index in [0.29, 0.717) is 30.0 Å². The third kappa shape index (κ3) is 4.39. The quantitative estimate of drug-likeness (QED) is 0.267. The highest BCUT2D eigenvalue weighted by molar-refractivity contribution is 6.34. The van der Waals surface area contributed by atoms with E-state index in [4.69, 9.17) is 21.1 Å². The third-order valence-corrected chi connectivity index (χ3v) is 8.23. The summed E-state index contributed by atoms with van der Waals surface area (Å²) in [5.41, 5.74) is -0.760. The van der Waals surface area contributed by atoms with Crippen LogP contribution in [0, 0.1) is 18.8 Å². The molecule has 9 heteroatoms. The lowest BCUT2D eigenvalue weighted by Crippen LogP contribution is -2.56. The minimum Gasteiger partial charge on any atom is -0.465 e. The summed E-state index contributed by atoms with van der Waals surface area (Å²) in [6.07, 6.45) is 5.02. The van der Waals surface area contributed by atoms with E-state index < -0.39 is 35.0 Å². The topological polar surface area (TPSA) is 96.4 Å². The molecule has 0 aromatic heterocycles. The van der Waals surface area contributed by atoms with Crippen LogP contribution in [-0.4, -0.2) is 71.3 Å². The number of ether oxygens (including phenoxy) is 2. The molecule has 8 nitrogen and oxygen atoms in total. The molecule has 3 aliphatic rings. The van der Waals surface area contributed by atoms with Gasteiger partial charge < -0.3 is 24.4 Å². The summed E-state index contributed by atoms with van der Waals surface area (Å²) in [6.45, 7) is 11.5. The Balaban J connectivity index is 1.78. The molecule has 1 spiro atoms. The molecule has 2 unspecified atom stereocenters. The largest absolute Gasteiger partial charge is 0.465 e. The minimum absolute atomic E-state index is 0.145. The monoisotopic (exact) mass is 530 g/mol. The van der Waals surface area contributed by atoms with Crippen molar-refractivity contribution < 1.29 is 29.0 Å². The summed E-state index contributed by atoms with van der Waals surface area (Å²) >= 11 is 6.55. The molecular weight excluding hydrogens is 496 g/mol. The molecule has 0 radical (unpaired) electrons. The Hall–Kier alpha value is -2.68. The number of anilines is 1. The number of amides is 2. The lowest BCUT2D eigenvalue weighted by Gasteiger charge is -2.37. The van der Waals surface area contributed by atoms with Gasteiger partial charge in [-0.25, -0.2) is 0 Å². The van der Waals surface area contributed by atoms with Gasteiger partial charge in [0.1, 0.15) is 17.6 Å². The van der Waals surface area contributed by atoms with Crippen LogP contribution in [-0.2, 0) is 23.9 Å². The fourth-order valence-electron chi connectivity index (χ4n) is 6.41. The van der Waals surface area contributed by atoms with Crippen molar-refractivity contribution in [3.05, 3.63) is 54.1 Å². The third-order valence-electron chi connectivity index (χ3n) is 7.92. The highest BCUT2D eigenvalue weighted by Crippen LogP contribution is 2.63. The minimum atomic E-state index is -1.19. The molecule has 37 heavy (non-hydrogen) atoms. The van der Waals surface area contributed by atoms with Crippen LogP contribution >= 0.6 is 11.6 Å². The Morgan fingerprint density at radius 1 is 1.32 bits per heavy atom. The first-order chi connectivity index (χ1) is 17.7. The zero-order chi connectivity index (χ0) is 27.0. The maximum atomic E-state index is 14.4. The number of benzene rings is 1. The number of aliphatic hydroxyl groups excluding tert-OH is 1. The van der Waals surface area contributed by atoms with Crippen LogP contribution < -0.4 is 4.90 Å². The lowest BCUT2D eigenvalue weighted by atomic mass is 9.66. The number of esters is 1. The Kier molecular flexibility index (Phi) is 7.83. The second kappa shape index (κ2) is 10.6. The Morgan fingerprint density at radius 2 is 2.08 bits per heavy atom. The number of nitrogens with zero attached hydrogens (tertiary/aromatic N) is 2. The van der Waals surface area contributed by atoms with E-state index in [1.54, 1.807) is 23.1 Å². The normalized spacial score (nSPS) is 29.8. The average molecular weight is 531 g/mol. The first-order valence-corrected chi connectivity index (χ1v) is 13.1. The first-order valence-electron chi connectivity index (χ1n) is 12.7. The summed E-state index contributed by atoms with van der Waals surface area (Å²) < 4.78 is 12.1. The highest BCUT2D eigenvalue weighted by atomic mass is 35.5. The van der Waals surface area contributed by atoms with Crippen molar-refractivity contribution in [3.63, 3.8) is 0 Å². The van der Waals surface area contributed by atoms with Crippen molar-refractivity contribution in [1.29, 1.82) is 0 Å². The van der Waals surface area contributed by atoms with Gasteiger partial charge in [0.2, 0.25) is 5.91 Å². The van der Waals surface area contributed by atoms with Crippen molar-refractivity contribution >= 4 is 35.1 Å². The van der Waals surface area contributed by atoms with Crippen LogP contribution in [0.1, 0.15) is 38.2 Å². The second-order valence-corrected chi connectivity index (χ2v) is 10.6. The Labute approximate surface area is 222 Å². The van der Waals surface area contributed by atoms with Crippen LogP contribution in [0.4, 0.5) is 5.69 Å². The molecule has 3 saturated heterocycles. The molecule has 0 aliphatic carbocycles. The summed E-state index contributed by atoms with van der Waals surface area (Å²) in [5.74, 6) is -2.86. The Bertz CT molecular complexity index is 1090. The number of fused-ring (bicyclic) bond motifs is 1. The van der Waals surface area contributed by atoms with Gasteiger partial charge in [0.05, 0.1) is 28.8 Å². The number of rotatable bonds is 11. The predicted molar refractivity (Wildman–Crippen MR) is 140 cm³/mol. The van der Waals surface area contributed by atoms with Gasteiger partial charge >= 0.3 is 5.97 Å². The number of likely N-dealkylation sites (tertiary alicyclic amines) is 1. The number of hydrogen-bond acceptors (Lipinski definition) is 6. The van der Waals surface area contributed by atoms with E-state index in [-0.39, 0.29) is 44.5 Å². The molecule has 3 aliphatic heterocycles. The predicted octanol–water partition coefficient (Wildman–Crippen LogP) is 3.43. The summed E-state index contributed by atoms with van der Waals surface area (Å²) in [7, 11) is 0. The molecule has 0 saturated carbocycles. The maximum absolute atomic E-state index is 14.4. The zero-order valence-corrected chi connectivity index (χ0v) is 22.2. The van der Waals surface area contributed by atoms with Gasteiger partial charge in [-0.1, -0.05) is 35.9 Å². The van der Waals surface area contributed by atoms with Crippen molar-refractivity contribution in [2.75, 3.05) is 31.2 Å². The molecule has 5 atom stereocenters. The van der Waals surface area contributed by atoms with E-state index >= 15 is 0 Å². The number of aryl methyl sites for hydroxylation is 1. The van der Waals surface area contributed by atoms with Gasteiger partial charge in [-0.05, 0) is 51.2 Å². The molecule has 1 aromatic carbocycles. The van der Waals surface area contributed by atoms with Crippen molar-refractivity contribution in [1.82, 2.24) is 4.90 Å². The number of halogens is 1. The van der Waals surface area contributed by atoms with Crippen LogP contribution in [0.5, 0.6) is 0 Å². The van der Waals surface area contributed by atoms with Crippen LogP contribution in [0.2, 0.25) is 5.02 Å². The van der Waals surface area contributed by atoms with E-state index in [1.165, 1.54) is 4.90 Å². The van der Waals surface area contributed by atoms with Crippen LogP contribution in [0.15, 0.2) is 43.5 Å². The van der Waals surface area contributed by atoms with Gasteiger partial charge in [0.25, 0.3) is 5.91 Å². The molecule has 3 heterocycles. The smallest absolute Gasteiger partial charge is 0.312 e. The van der Waals surface area contributed by atoms with Crippen molar-refractivity contribution in [2.24, 2.45) is 11.8 Å². The SMILES string of the molecule is C=CCCOC(=O)[C@H]1[C@H]2C(=O)N(CCCO)C(C(=O)N(CC=C)c3c(C)cccc3Cl)C23CC[C@]1(C)O3. The summed E-state index contributed by atoms with van der Waals surface area (Å²) in [4.78, 5) is 44.7. The van der Waals surface area contributed by atoms with E-state index in [1.807, 2.05) is 26.0 Å². The average Bonchev–Trinajstić information content (AvgIpc) is 3.42. The molecule has 4 rings (SSSR count).